The molecule has 2 aromatic carbocycles. The van der Waals surface area contributed by atoms with Crippen LogP contribution in [0.15, 0.2) is 59.5 Å². The molecule has 0 saturated heterocycles. The predicted octanol–water partition coefficient (Wildman–Crippen LogP) is 4.74. The van der Waals surface area contributed by atoms with Gasteiger partial charge in [-0.05, 0) is 55.5 Å². The van der Waals surface area contributed by atoms with E-state index in [2.05, 4.69) is 22.2 Å². The van der Waals surface area contributed by atoms with E-state index in [1.165, 1.54) is 6.07 Å². The average Bonchev–Trinajstić information content (AvgIpc) is 3.11. The lowest BCUT2D eigenvalue weighted by Crippen LogP contribution is -2.17. The van der Waals surface area contributed by atoms with Crippen LogP contribution in [0.1, 0.15) is 24.8 Å². The number of aryl methyl sites for hydroxylation is 1. The van der Waals surface area contributed by atoms with Crippen molar-refractivity contribution in [3.63, 3.8) is 0 Å². The van der Waals surface area contributed by atoms with Crippen molar-refractivity contribution in [2.24, 2.45) is 5.92 Å². The first-order chi connectivity index (χ1) is 12.8. The molecule has 0 heterocycles. The summed E-state index contributed by atoms with van der Waals surface area (Å²) >= 11 is 6.05. The molecule has 1 amide bonds. The minimum atomic E-state index is -3.84. The molecule has 0 fully saturated rings. The normalized spacial score (nSPS) is 16.3. The molecule has 3 rings (SSSR count). The van der Waals surface area contributed by atoms with E-state index in [-0.39, 0.29) is 16.7 Å². The van der Waals surface area contributed by atoms with Crippen LogP contribution in [0.4, 0.5) is 11.4 Å². The maximum atomic E-state index is 12.8. The predicted molar refractivity (Wildman–Crippen MR) is 109 cm³/mol. The van der Waals surface area contributed by atoms with E-state index in [1.54, 1.807) is 43.3 Å². The van der Waals surface area contributed by atoms with Crippen LogP contribution in [0.2, 0.25) is 5.02 Å². The van der Waals surface area contributed by atoms with Gasteiger partial charge in [-0.3, -0.25) is 9.52 Å². The highest BCUT2D eigenvalue weighted by Crippen LogP contribution is 2.27. The molecule has 2 aromatic rings. The Hall–Kier alpha value is -2.31. The van der Waals surface area contributed by atoms with Gasteiger partial charge in [0.25, 0.3) is 10.0 Å². The van der Waals surface area contributed by atoms with Gasteiger partial charge in [-0.2, -0.15) is 0 Å². The Kier molecular flexibility index (Phi) is 5.87. The van der Waals surface area contributed by atoms with Gasteiger partial charge < -0.3 is 5.32 Å². The molecule has 0 unspecified atom stereocenters. The number of hydrogen-bond donors (Lipinski definition) is 2. The Morgan fingerprint density at radius 2 is 2.00 bits per heavy atom. The molecule has 1 aliphatic carbocycles. The average molecular weight is 405 g/mol. The highest BCUT2D eigenvalue weighted by atomic mass is 35.5. The molecule has 7 heteroatoms. The number of nitrogens with one attached hydrogen (secondary N) is 2. The van der Waals surface area contributed by atoms with E-state index < -0.39 is 10.0 Å². The summed E-state index contributed by atoms with van der Waals surface area (Å²) < 4.78 is 28.1. The topological polar surface area (TPSA) is 75.3 Å². The van der Waals surface area contributed by atoms with E-state index in [1.807, 2.05) is 0 Å². The number of hydrogen-bond acceptors (Lipinski definition) is 3. The summed E-state index contributed by atoms with van der Waals surface area (Å²) in [5.41, 5.74) is 1.33. The third-order valence-electron chi connectivity index (χ3n) is 4.44. The number of carbonyl (C=O) groups excluding carboxylic acids is 1. The van der Waals surface area contributed by atoms with Crippen molar-refractivity contribution in [2.45, 2.75) is 31.1 Å². The zero-order chi connectivity index (χ0) is 19.4. The zero-order valence-corrected chi connectivity index (χ0v) is 16.5. The fraction of sp³-hybridized carbons (Fsp3) is 0.250. The Labute approximate surface area is 164 Å². The number of benzene rings is 2. The molecule has 0 aromatic heterocycles. The van der Waals surface area contributed by atoms with E-state index in [0.717, 1.165) is 12.8 Å². The Bertz CT molecular complexity index is 986. The van der Waals surface area contributed by atoms with Crippen LogP contribution >= 0.6 is 11.6 Å². The van der Waals surface area contributed by atoms with Crippen molar-refractivity contribution < 1.29 is 13.2 Å². The van der Waals surface area contributed by atoms with E-state index >= 15 is 0 Å². The van der Waals surface area contributed by atoms with Crippen LogP contribution in [0.25, 0.3) is 0 Å². The fourth-order valence-electron chi connectivity index (χ4n) is 3.03. The number of rotatable bonds is 6. The first-order valence-corrected chi connectivity index (χ1v) is 10.6. The number of allylic oxidation sites excluding steroid dienone is 2. The van der Waals surface area contributed by atoms with Crippen molar-refractivity contribution in [3.05, 3.63) is 65.2 Å². The summed E-state index contributed by atoms with van der Waals surface area (Å²) in [5, 5.41) is 3.11. The van der Waals surface area contributed by atoms with Crippen molar-refractivity contribution >= 4 is 38.9 Å². The molecule has 2 N–H and O–H groups in total. The summed E-state index contributed by atoms with van der Waals surface area (Å²) in [6, 6.07) is 11.5. The second-order valence-corrected chi connectivity index (χ2v) is 8.64. The fourth-order valence-corrected chi connectivity index (χ4v) is 4.62. The van der Waals surface area contributed by atoms with Gasteiger partial charge in [0.2, 0.25) is 5.91 Å². The van der Waals surface area contributed by atoms with Crippen molar-refractivity contribution in [2.75, 3.05) is 10.0 Å². The Morgan fingerprint density at radius 1 is 1.22 bits per heavy atom. The molecule has 0 saturated carbocycles. The quantitative estimate of drug-likeness (QED) is 0.682. The van der Waals surface area contributed by atoms with E-state index in [0.29, 0.717) is 28.4 Å². The molecule has 0 aliphatic heterocycles. The van der Waals surface area contributed by atoms with Gasteiger partial charge in [-0.25, -0.2) is 8.42 Å². The lowest BCUT2D eigenvalue weighted by molar-refractivity contribution is -0.116. The van der Waals surface area contributed by atoms with Gasteiger partial charge >= 0.3 is 0 Å². The zero-order valence-electron chi connectivity index (χ0n) is 14.9. The van der Waals surface area contributed by atoms with Crippen LogP contribution < -0.4 is 10.0 Å². The van der Waals surface area contributed by atoms with E-state index in [4.69, 9.17) is 11.6 Å². The third kappa shape index (κ3) is 4.90. The van der Waals surface area contributed by atoms with Crippen molar-refractivity contribution in [1.82, 2.24) is 0 Å². The van der Waals surface area contributed by atoms with Crippen molar-refractivity contribution in [3.8, 4) is 0 Å². The summed E-state index contributed by atoms with van der Waals surface area (Å²) in [4.78, 5) is 12.3. The number of anilines is 2. The van der Waals surface area contributed by atoms with Gasteiger partial charge in [0.1, 0.15) is 0 Å². The lowest BCUT2D eigenvalue weighted by Gasteiger charge is -2.14. The monoisotopic (exact) mass is 404 g/mol. The maximum Gasteiger partial charge on any atom is 0.262 e. The van der Waals surface area contributed by atoms with Gasteiger partial charge in [-0.15, -0.1) is 0 Å². The third-order valence-corrected chi connectivity index (χ3v) is 6.28. The second kappa shape index (κ2) is 8.15. The van der Waals surface area contributed by atoms with Gasteiger partial charge in [0, 0.05) is 12.1 Å². The number of halogens is 1. The highest BCUT2D eigenvalue weighted by molar-refractivity contribution is 7.92. The highest BCUT2D eigenvalue weighted by Gasteiger charge is 2.20. The largest absolute Gasteiger partial charge is 0.326 e. The van der Waals surface area contributed by atoms with Crippen LogP contribution in [0, 0.1) is 12.8 Å². The second-order valence-electron chi connectivity index (χ2n) is 6.58. The molecule has 27 heavy (non-hydrogen) atoms. The molecule has 0 spiro atoms. The van der Waals surface area contributed by atoms with Gasteiger partial charge in [-0.1, -0.05) is 42.0 Å². The number of para-hydroxylation sites is 1. The maximum absolute atomic E-state index is 12.8. The molecule has 1 aliphatic rings. The summed E-state index contributed by atoms with van der Waals surface area (Å²) in [7, 11) is -3.84. The van der Waals surface area contributed by atoms with Crippen molar-refractivity contribution in [1.29, 1.82) is 0 Å². The molecule has 5 nitrogen and oxygen atoms in total. The first-order valence-electron chi connectivity index (χ1n) is 8.70. The Morgan fingerprint density at radius 3 is 2.70 bits per heavy atom. The molecule has 1 atom stereocenters. The molecule has 142 valence electrons. The van der Waals surface area contributed by atoms with Gasteiger partial charge in [0.05, 0.1) is 15.6 Å². The van der Waals surface area contributed by atoms with Crippen LogP contribution in [-0.4, -0.2) is 14.3 Å². The van der Waals surface area contributed by atoms with Crippen LogP contribution in [0.3, 0.4) is 0 Å². The lowest BCUT2D eigenvalue weighted by atomic mass is 10.1. The minimum absolute atomic E-state index is 0.0981. The van der Waals surface area contributed by atoms with Crippen LogP contribution in [-0.2, 0) is 14.8 Å². The first kappa shape index (κ1) is 19.5. The summed E-state index contributed by atoms with van der Waals surface area (Å²) in [5.74, 6) is 0.123. The van der Waals surface area contributed by atoms with E-state index in [9.17, 15) is 13.2 Å². The standard InChI is InChI=1S/C20H21ClN2O3S/c1-14-10-11-16(22-20(24)12-15-6-2-3-7-15)13-19(14)27(25,26)23-18-9-5-4-8-17(18)21/h2,4-6,8-11,13,15,23H,3,7,12H2,1H3,(H,22,24)/t15-/m1/s1. The molecular weight excluding hydrogens is 384 g/mol. The van der Waals surface area contributed by atoms with Crippen LogP contribution in [0.5, 0.6) is 0 Å². The number of carbonyl (C=O) groups is 1. The SMILES string of the molecule is Cc1ccc(NC(=O)C[C@@H]2C=CCC2)cc1S(=O)(=O)Nc1ccccc1Cl. The number of amides is 1. The summed E-state index contributed by atoms with van der Waals surface area (Å²) in [6.45, 7) is 1.70. The number of sulfonamides is 1. The van der Waals surface area contributed by atoms with Gasteiger partial charge in [0.15, 0.2) is 0 Å². The molecule has 0 radical (unpaired) electrons. The Balaban J connectivity index is 1.79. The molecular formula is C20H21ClN2O3S. The minimum Gasteiger partial charge on any atom is -0.326 e. The summed E-state index contributed by atoms with van der Waals surface area (Å²) in [6.07, 6.45) is 6.50. The smallest absolute Gasteiger partial charge is 0.262 e. The molecule has 0 bridgehead atoms.